The van der Waals surface area contributed by atoms with Crippen molar-refractivity contribution in [1.29, 1.82) is 0 Å². The topological polar surface area (TPSA) is 35.5 Å². The van der Waals surface area contributed by atoms with Crippen molar-refractivity contribution in [3.8, 4) is 0 Å². The van der Waals surface area contributed by atoms with Gasteiger partial charge in [0.05, 0.1) is 13.2 Å². The number of rotatable bonds is 15. The van der Waals surface area contributed by atoms with Crippen LogP contribution in [0, 0.1) is 0 Å². The lowest BCUT2D eigenvalue weighted by atomic mass is 10.1. The van der Waals surface area contributed by atoms with Gasteiger partial charge in [-0.25, -0.2) is 0 Å². The highest BCUT2D eigenvalue weighted by Crippen LogP contribution is 2.44. The van der Waals surface area contributed by atoms with Crippen molar-refractivity contribution in [3.63, 3.8) is 0 Å². The van der Waals surface area contributed by atoms with Gasteiger partial charge in [0.2, 0.25) is 0 Å². The molecule has 0 aromatic rings. The lowest BCUT2D eigenvalue weighted by Gasteiger charge is -2.14. The molecule has 0 aliphatic heterocycles. The summed E-state index contributed by atoms with van der Waals surface area (Å²) in [5.74, 6) is 0. The smallest absolute Gasteiger partial charge is 0.309 e. The molecule has 0 aromatic heterocycles. The molecule has 1 atom stereocenters. The van der Waals surface area contributed by atoms with Crippen LogP contribution in [0.5, 0.6) is 0 Å². The van der Waals surface area contributed by atoms with E-state index in [1.165, 1.54) is 44.9 Å². The molecular formula is C16H35O3P. The monoisotopic (exact) mass is 306 g/mol. The van der Waals surface area contributed by atoms with Crippen LogP contribution in [0.15, 0.2) is 0 Å². The van der Waals surface area contributed by atoms with Gasteiger partial charge in [-0.15, -0.1) is 0 Å². The molecule has 0 saturated carbocycles. The third-order valence-corrected chi connectivity index (χ3v) is 4.70. The van der Waals surface area contributed by atoms with Crippen LogP contribution in [0.1, 0.15) is 84.5 Å². The lowest BCUT2D eigenvalue weighted by Crippen LogP contribution is -1.98. The van der Waals surface area contributed by atoms with Crippen molar-refractivity contribution in [1.82, 2.24) is 0 Å². The minimum atomic E-state index is -2.80. The van der Waals surface area contributed by atoms with Crippen LogP contribution in [0.4, 0.5) is 0 Å². The molecule has 4 heteroatoms. The first kappa shape index (κ1) is 20.1. The molecule has 0 rings (SSSR count). The molecule has 1 unspecified atom stereocenters. The molecule has 0 bridgehead atoms. The van der Waals surface area contributed by atoms with Crippen LogP contribution in [0.2, 0.25) is 0 Å². The Morgan fingerprint density at radius 1 is 0.650 bits per heavy atom. The van der Waals surface area contributed by atoms with E-state index < -0.39 is 7.60 Å². The van der Waals surface area contributed by atoms with Crippen molar-refractivity contribution in [2.45, 2.75) is 84.5 Å². The largest absolute Gasteiger partial charge is 0.327 e. The van der Waals surface area contributed by atoms with Crippen molar-refractivity contribution in [3.05, 3.63) is 0 Å². The van der Waals surface area contributed by atoms with Crippen molar-refractivity contribution in [2.24, 2.45) is 0 Å². The molecule has 0 heterocycles. The summed E-state index contributed by atoms with van der Waals surface area (Å²) in [4.78, 5) is 0. The summed E-state index contributed by atoms with van der Waals surface area (Å²) < 4.78 is 22.7. The fourth-order valence-electron chi connectivity index (χ4n) is 2.09. The number of unbranched alkanes of at least 4 members (excludes halogenated alkanes) is 9. The first-order chi connectivity index (χ1) is 9.62. The van der Waals surface area contributed by atoms with E-state index in [0.717, 1.165) is 25.7 Å². The highest BCUT2D eigenvalue weighted by molar-refractivity contribution is 7.52. The van der Waals surface area contributed by atoms with Gasteiger partial charge in [0, 0.05) is 6.66 Å². The van der Waals surface area contributed by atoms with Gasteiger partial charge in [-0.2, -0.15) is 0 Å². The first-order valence-corrected chi connectivity index (χ1v) is 10.5. The molecule has 0 aromatic carbocycles. The molecule has 3 nitrogen and oxygen atoms in total. The zero-order valence-electron chi connectivity index (χ0n) is 13.9. The van der Waals surface area contributed by atoms with Gasteiger partial charge in [0.15, 0.2) is 0 Å². The van der Waals surface area contributed by atoms with E-state index in [1.54, 1.807) is 6.66 Å². The van der Waals surface area contributed by atoms with Crippen LogP contribution < -0.4 is 0 Å². The normalized spacial score (nSPS) is 14.3. The summed E-state index contributed by atoms with van der Waals surface area (Å²) in [7, 11) is -2.80. The average molecular weight is 306 g/mol. The number of hydrogen-bond acceptors (Lipinski definition) is 3. The summed E-state index contributed by atoms with van der Waals surface area (Å²) in [5, 5.41) is 0. The molecule has 0 saturated heterocycles. The Bertz CT molecular complexity index is 244. The zero-order chi connectivity index (χ0) is 15.1. The molecule has 0 N–H and O–H groups in total. The van der Waals surface area contributed by atoms with Crippen LogP contribution in [-0.4, -0.2) is 19.9 Å². The third kappa shape index (κ3) is 14.6. The second kappa shape index (κ2) is 14.1. The second-order valence-electron chi connectivity index (χ2n) is 5.62. The third-order valence-electron chi connectivity index (χ3n) is 3.40. The van der Waals surface area contributed by atoms with E-state index in [-0.39, 0.29) is 0 Å². The average Bonchev–Trinajstić information content (AvgIpc) is 2.42. The molecular weight excluding hydrogens is 271 g/mol. The molecule has 122 valence electrons. The maximum absolute atomic E-state index is 11.9. The van der Waals surface area contributed by atoms with Gasteiger partial charge in [0.25, 0.3) is 0 Å². The quantitative estimate of drug-likeness (QED) is 0.268. The predicted molar refractivity (Wildman–Crippen MR) is 87.6 cm³/mol. The van der Waals surface area contributed by atoms with Crippen molar-refractivity contribution in [2.75, 3.05) is 19.9 Å². The summed E-state index contributed by atoms with van der Waals surface area (Å²) in [6.07, 6.45) is 13.4. The van der Waals surface area contributed by atoms with Gasteiger partial charge in [-0.1, -0.05) is 71.6 Å². The Morgan fingerprint density at radius 2 is 1.00 bits per heavy atom. The summed E-state index contributed by atoms with van der Waals surface area (Å²) >= 11 is 0. The van der Waals surface area contributed by atoms with E-state index in [9.17, 15) is 4.57 Å². The van der Waals surface area contributed by atoms with Crippen LogP contribution >= 0.6 is 7.60 Å². The number of hydrogen-bond donors (Lipinski definition) is 0. The highest BCUT2D eigenvalue weighted by Gasteiger charge is 2.15. The maximum Gasteiger partial charge on any atom is 0.327 e. The van der Waals surface area contributed by atoms with Crippen LogP contribution in [0.3, 0.4) is 0 Å². The van der Waals surface area contributed by atoms with Gasteiger partial charge < -0.3 is 9.05 Å². The molecule has 0 spiro atoms. The Kier molecular flexibility index (Phi) is 14.2. The fraction of sp³-hybridized carbons (Fsp3) is 1.00. The second-order valence-corrected chi connectivity index (χ2v) is 7.68. The van der Waals surface area contributed by atoms with E-state index >= 15 is 0 Å². The van der Waals surface area contributed by atoms with Crippen molar-refractivity contribution >= 4 is 7.60 Å². The predicted octanol–water partition coefficient (Wildman–Crippen LogP) is 6.17. The highest BCUT2D eigenvalue weighted by atomic mass is 31.2. The maximum atomic E-state index is 11.9. The zero-order valence-corrected chi connectivity index (χ0v) is 14.8. The minimum absolute atomic E-state index is 0.555. The standard InChI is InChI=1S/C16H35O3P/c1-4-6-8-9-10-11-12-14-16-19-20(3,17)18-15-13-7-5-2/h4-16H2,1-3H3. The Morgan fingerprint density at radius 3 is 1.50 bits per heavy atom. The van der Waals surface area contributed by atoms with E-state index in [0.29, 0.717) is 13.2 Å². The fourth-order valence-corrected chi connectivity index (χ4v) is 3.08. The Balaban J connectivity index is 3.33. The SMILES string of the molecule is CCCCCCCCCCOP(C)(=O)OCCCCC. The van der Waals surface area contributed by atoms with Gasteiger partial charge in [-0.05, 0) is 12.8 Å². The molecule has 20 heavy (non-hydrogen) atoms. The summed E-state index contributed by atoms with van der Waals surface area (Å²) in [6.45, 7) is 7.09. The molecule has 0 aliphatic rings. The van der Waals surface area contributed by atoms with Crippen LogP contribution in [0.25, 0.3) is 0 Å². The van der Waals surface area contributed by atoms with E-state index in [1.807, 2.05) is 0 Å². The van der Waals surface area contributed by atoms with Crippen molar-refractivity contribution < 1.29 is 13.6 Å². The summed E-state index contributed by atoms with van der Waals surface area (Å²) in [5.41, 5.74) is 0. The minimum Gasteiger partial charge on any atom is -0.309 e. The van der Waals surface area contributed by atoms with Gasteiger partial charge in [0.1, 0.15) is 0 Å². The van der Waals surface area contributed by atoms with E-state index in [4.69, 9.17) is 9.05 Å². The molecule has 0 fully saturated rings. The Hall–Kier alpha value is 0.150. The van der Waals surface area contributed by atoms with Crippen LogP contribution in [-0.2, 0) is 13.6 Å². The van der Waals surface area contributed by atoms with E-state index in [2.05, 4.69) is 13.8 Å². The Labute approximate surface area is 126 Å². The molecule has 0 radical (unpaired) electrons. The van der Waals surface area contributed by atoms with Gasteiger partial charge in [-0.3, -0.25) is 4.57 Å². The molecule has 0 aliphatic carbocycles. The molecule has 0 amide bonds. The van der Waals surface area contributed by atoms with Gasteiger partial charge >= 0.3 is 7.60 Å². The first-order valence-electron chi connectivity index (χ1n) is 8.49. The lowest BCUT2D eigenvalue weighted by molar-refractivity contribution is 0.202. The summed E-state index contributed by atoms with van der Waals surface area (Å²) in [6, 6.07) is 0.